The predicted octanol–water partition coefficient (Wildman–Crippen LogP) is 3.07. The Kier molecular flexibility index (Phi) is 4.89. The second kappa shape index (κ2) is 6.60. The van der Waals surface area contributed by atoms with Crippen LogP contribution in [-0.4, -0.2) is 29.2 Å². The minimum absolute atomic E-state index is 0. The molecule has 2 unspecified atom stereocenters. The molecule has 1 heterocycles. The molecule has 6 heteroatoms. The SMILES string of the molecule is CC(C)c1ccc2c(c1)OC1(OCCO)c3ccccc3C(=O)C21O.I. The highest BCUT2D eigenvalue weighted by Gasteiger charge is 2.71. The van der Waals surface area contributed by atoms with Crippen LogP contribution in [0.5, 0.6) is 5.75 Å². The first-order chi connectivity index (χ1) is 12.0. The van der Waals surface area contributed by atoms with Gasteiger partial charge in [-0.3, -0.25) is 4.79 Å². The van der Waals surface area contributed by atoms with Crippen molar-refractivity contribution in [3.05, 3.63) is 64.7 Å². The van der Waals surface area contributed by atoms with Crippen LogP contribution in [-0.2, 0) is 16.1 Å². The van der Waals surface area contributed by atoms with E-state index in [9.17, 15) is 15.0 Å². The number of ketones is 1. The molecule has 0 saturated carbocycles. The number of ether oxygens (including phenoxy) is 2. The van der Waals surface area contributed by atoms with E-state index in [0.29, 0.717) is 22.4 Å². The summed E-state index contributed by atoms with van der Waals surface area (Å²) in [4.78, 5) is 13.1. The van der Waals surface area contributed by atoms with Crippen LogP contribution in [0, 0.1) is 0 Å². The number of rotatable bonds is 4. The zero-order valence-electron chi connectivity index (χ0n) is 14.6. The van der Waals surface area contributed by atoms with E-state index in [2.05, 4.69) is 13.8 Å². The molecule has 1 aliphatic heterocycles. The summed E-state index contributed by atoms with van der Waals surface area (Å²) in [6.07, 6.45) is 0. The van der Waals surface area contributed by atoms with E-state index in [1.54, 1.807) is 30.3 Å². The molecule has 0 aromatic heterocycles. The van der Waals surface area contributed by atoms with E-state index < -0.39 is 17.2 Å². The number of hydrogen-bond donors (Lipinski definition) is 2. The van der Waals surface area contributed by atoms with Gasteiger partial charge in [0.25, 0.3) is 5.79 Å². The molecule has 4 rings (SSSR count). The second-order valence-corrected chi connectivity index (χ2v) is 6.79. The van der Waals surface area contributed by atoms with Crippen LogP contribution in [0.3, 0.4) is 0 Å². The predicted molar refractivity (Wildman–Crippen MR) is 106 cm³/mol. The number of aliphatic hydroxyl groups excluding tert-OH is 1. The van der Waals surface area contributed by atoms with Crippen molar-refractivity contribution >= 4 is 29.8 Å². The largest absolute Gasteiger partial charge is 0.453 e. The molecule has 0 saturated heterocycles. The maximum atomic E-state index is 13.1. The van der Waals surface area contributed by atoms with Gasteiger partial charge < -0.3 is 19.7 Å². The molecule has 0 amide bonds. The quantitative estimate of drug-likeness (QED) is 0.675. The Bertz CT molecular complexity index is 865. The third-order valence-corrected chi connectivity index (χ3v) is 5.04. The van der Waals surface area contributed by atoms with Crippen molar-refractivity contribution in [3.63, 3.8) is 0 Å². The molecule has 0 fully saturated rings. The van der Waals surface area contributed by atoms with Crippen LogP contribution in [0.4, 0.5) is 0 Å². The van der Waals surface area contributed by atoms with E-state index in [1.165, 1.54) is 0 Å². The lowest BCUT2D eigenvalue weighted by Crippen LogP contribution is -2.51. The van der Waals surface area contributed by atoms with Crippen molar-refractivity contribution in [1.29, 1.82) is 0 Å². The molecule has 2 N–H and O–H groups in total. The molecule has 5 nitrogen and oxygen atoms in total. The fraction of sp³-hybridized carbons (Fsp3) is 0.350. The van der Waals surface area contributed by atoms with Crippen LogP contribution < -0.4 is 4.74 Å². The molecular formula is C20H21IO5. The van der Waals surface area contributed by atoms with Gasteiger partial charge in [0.05, 0.1) is 13.2 Å². The Morgan fingerprint density at radius 2 is 1.88 bits per heavy atom. The number of Topliss-reactive ketones (excluding diaryl/α,β-unsaturated/α-hetero) is 1. The molecule has 2 atom stereocenters. The van der Waals surface area contributed by atoms with E-state index in [-0.39, 0.29) is 43.1 Å². The van der Waals surface area contributed by atoms with Gasteiger partial charge in [0.2, 0.25) is 11.4 Å². The van der Waals surface area contributed by atoms with Crippen molar-refractivity contribution in [1.82, 2.24) is 0 Å². The topological polar surface area (TPSA) is 76.0 Å². The van der Waals surface area contributed by atoms with Crippen LogP contribution >= 0.6 is 24.0 Å². The van der Waals surface area contributed by atoms with Crippen LogP contribution in [0.25, 0.3) is 0 Å². The van der Waals surface area contributed by atoms with Crippen LogP contribution in [0.15, 0.2) is 42.5 Å². The highest BCUT2D eigenvalue weighted by Crippen LogP contribution is 2.60. The molecule has 0 bridgehead atoms. The average Bonchev–Trinajstić information content (AvgIpc) is 2.98. The van der Waals surface area contributed by atoms with Gasteiger partial charge in [-0.15, -0.1) is 24.0 Å². The van der Waals surface area contributed by atoms with Crippen molar-refractivity contribution in [2.75, 3.05) is 13.2 Å². The molecule has 1 aliphatic carbocycles. The minimum atomic E-state index is -1.96. The number of carbonyl (C=O) groups is 1. The number of aliphatic hydroxyl groups is 2. The van der Waals surface area contributed by atoms with E-state index in [1.807, 2.05) is 12.1 Å². The second-order valence-electron chi connectivity index (χ2n) is 6.79. The molecule has 0 spiro atoms. The molecule has 2 aliphatic rings. The van der Waals surface area contributed by atoms with Gasteiger partial charge in [-0.25, -0.2) is 0 Å². The van der Waals surface area contributed by atoms with Crippen molar-refractivity contribution in [2.45, 2.75) is 31.2 Å². The summed E-state index contributed by atoms with van der Waals surface area (Å²) in [7, 11) is 0. The van der Waals surface area contributed by atoms with Gasteiger partial charge >= 0.3 is 0 Å². The van der Waals surface area contributed by atoms with Gasteiger partial charge in [0, 0.05) is 16.7 Å². The third-order valence-electron chi connectivity index (χ3n) is 5.04. The summed E-state index contributed by atoms with van der Waals surface area (Å²) in [5, 5.41) is 20.7. The molecule has 0 radical (unpaired) electrons. The van der Waals surface area contributed by atoms with E-state index in [0.717, 1.165) is 5.56 Å². The van der Waals surface area contributed by atoms with Crippen LogP contribution in [0.1, 0.15) is 46.8 Å². The monoisotopic (exact) mass is 468 g/mol. The Morgan fingerprint density at radius 1 is 1.15 bits per heavy atom. The van der Waals surface area contributed by atoms with Gasteiger partial charge in [-0.2, -0.15) is 0 Å². The minimum Gasteiger partial charge on any atom is -0.453 e. The summed E-state index contributed by atoms with van der Waals surface area (Å²) < 4.78 is 11.9. The average molecular weight is 468 g/mol. The Morgan fingerprint density at radius 3 is 2.58 bits per heavy atom. The fourth-order valence-corrected chi connectivity index (χ4v) is 3.77. The first-order valence-electron chi connectivity index (χ1n) is 8.40. The zero-order chi connectivity index (χ0) is 17.8. The molecule has 138 valence electrons. The molecule has 2 aromatic carbocycles. The van der Waals surface area contributed by atoms with Crippen molar-refractivity contribution < 1.29 is 24.5 Å². The van der Waals surface area contributed by atoms with Gasteiger partial charge in [-0.1, -0.05) is 50.2 Å². The fourth-order valence-electron chi connectivity index (χ4n) is 3.77. The van der Waals surface area contributed by atoms with E-state index in [4.69, 9.17) is 9.47 Å². The highest BCUT2D eigenvalue weighted by molar-refractivity contribution is 14.0. The number of fused-ring (bicyclic) bond motifs is 5. The normalized spacial score (nSPS) is 25.3. The zero-order valence-corrected chi connectivity index (χ0v) is 16.9. The van der Waals surface area contributed by atoms with Gasteiger partial charge in [0.15, 0.2) is 0 Å². The summed E-state index contributed by atoms with van der Waals surface area (Å²) in [6, 6.07) is 12.4. The van der Waals surface area contributed by atoms with Gasteiger partial charge in [-0.05, 0) is 17.5 Å². The Labute approximate surface area is 169 Å². The first-order valence-corrected chi connectivity index (χ1v) is 8.40. The third kappa shape index (κ3) is 2.29. The van der Waals surface area contributed by atoms with Crippen molar-refractivity contribution in [2.24, 2.45) is 0 Å². The maximum Gasteiger partial charge on any atom is 0.279 e. The number of benzene rings is 2. The first kappa shape index (κ1) is 19.3. The maximum absolute atomic E-state index is 13.1. The highest BCUT2D eigenvalue weighted by atomic mass is 127. The standard InChI is InChI=1S/C20H20O5.HI/c1-12(2)13-7-8-16-17(11-13)25-20(24-10-9-21)15-6-4-3-5-14(15)18(22)19(16,20)23;/h3-8,11-12,21,23H,9-10H2,1-2H3;1H. The van der Waals surface area contributed by atoms with Gasteiger partial charge in [0.1, 0.15) is 5.75 Å². The number of halogens is 1. The summed E-state index contributed by atoms with van der Waals surface area (Å²) in [5.74, 6) is -1.39. The van der Waals surface area contributed by atoms with E-state index >= 15 is 0 Å². The van der Waals surface area contributed by atoms with Crippen molar-refractivity contribution in [3.8, 4) is 5.75 Å². The number of carbonyl (C=O) groups excluding carboxylic acids is 1. The molecule has 2 aromatic rings. The smallest absolute Gasteiger partial charge is 0.279 e. The lowest BCUT2D eigenvalue weighted by Gasteiger charge is -2.34. The summed E-state index contributed by atoms with van der Waals surface area (Å²) in [5.41, 5.74) is 0.340. The lowest BCUT2D eigenvalue weighted by molar-refractivity contribution is -0.259. The summed E-state index contributed by atoms with van der Waals surface area (Å²) in [6.45, 7) is 3.81. The Balaban J connectivity index is 0.00000196. The molecule has 26 heavy (non-hydrogen) atoms. The van der Waals surface area contributed by atoms with Crippen LogP contribution in [0.2, 0.25) is 0 Å². The number of hydrogen-bond acceptors (Lipinski definition) is 5. The Hall–Kier alpha value is -1.48. The molecular weight excluding hydrogens is 447 g/mol. The summed E-state index contributed by atoms with van der Waals surface area (Å²) >= 11 is 0. The lowest BCUT2D eigenvalue weighted by atomic mass is 9.86.